The molecule has 1 unspecified atom stereocenters. The molecule has 0 bridgehead atoms. The van der Waals surface area contributed by atoms with E-state index in [0.717, 1.165) is 22.9 Å². The number of hydrogen-bond donors (Lipinski definition) is 1. The molecule has 3 aromatic rings. The van der Waals surface area contributed by atoms with Gasteiger partial charge in [-0.05, 0) is 36.6 Å². The number of benzene rings is 2. The smallest absolute Gasteiger partial charge is 0.293 e. The molecule has 138 valence electrons. The lowest BCUT2D eigenvalue weighted by Crippen LogP contribution is -2.16. The van der Waals surface area contributed by atoms with Crippen LogP contribution in [0.1, 0.15) is 18.4 Å². The van der Waals surface area contributed by atoms with Crippen LogP contribution in [-0.4, -0.2) is 28.3 Å². The molecule has 2 heterocycles. The van der Waals surface area contributed by atoms with E-state index in [1.54, 1.807) is 16.7 Å². The molecule has 1 atom stereocenters. The minimum atomic E-state index is -0.529. The first-order valence-electron chi connectivity index (χ1n) is 8.75. The normalized spacial score (nSPS) is 17.1. The van der Waals surface area contributed by atoms with Crippen LogP contribution in [0.2, 0.25) is 5.02 Å². The second kappa shape index (κ2) is 7.50. The van der Waals surface area contributed by atoms with Gasteiger partial charge in [0, 0.05) is 17.0 Å². The third kappa shape index (κ3) is 3.59. The van der Waals surface area contributed by atoms with Crippen LogP contribution < -0.4 is 0 Å². The number of fused-ring (bicyclic) bond motifs is 1. The van der Waals surface area contributed by atoms with E-state index >= 15 is 0 Å². The highest BCUT2D eigenvalue weighted by Crippen LogP contribution is 2.39. The zero-order valence-corrected chi connectivity index (χ0v) is 15.3. The van der Waals surface area contributed by atoms with Crippen molar-refractivity contribution >= 4 is 34.1 Å². The second-order valence-corrected chi connectivity index (χ2v) is 6.88. The van der Waals surface area contributed by atoms with E-state index in [0.29, 0.717) is 24.6 Å². The van der Waals surface area contributed by atoms with Crippen molar-refractivity contribution < 1.29 is 14.6 Å². The molecule has 1 aromatic heterocycles. The van der Waals surface area contributed by atoms with E-state index in [4.69, 9.17) is 16.3 Å². The minimum absolute atomic E-state index is 0.0324. The summed E-state index contributed by atoms with van der Waals surface area (Å²) in [6.07, 6.45) is 0.970. The van der Waals surface area contributed by atoms with E-state index in [9.17, 15) is 9.90 Å². The monoisotopic (exact) mass is 383 g/mol. The first-order valence-corrected chi connectivity index (χ1v) is 9.13. The summed E-state index contributed by atoms with van der Waals surface area (Å²) in [7, 11) is 0. The lowest BCUT2D eigenvalue weighted by Gasteiger charge is -2.07. The highest BCUT2D eigenvalue weighted by atomic mass is 35.5. The van der Waals surface area contributed by atoms with Gasteiger partial charge in [0.2, 0.25) is 5.88 Å². The number of aromatic hydroxyl groups is 1. The van der Waals surface area contributed by atoms with Crippen LogP contribution in [0.5, 0.6) is 5.88 Å². The van der Waals surface area contributed by atoms with Crippen molar-refractivity contribution in [1.82, 2.24) is 4.57 Å². The van der Waals surface area contributed by atoms with Gasteiger partial charge in [0.15, 0.2) is 5.69 Å². The number of azo groups is 1. The van der Waals surface area contributed by atoms with Gasteiger partial charge in [0.25, 0.3) is 5.91 Å². The summed E-state index contributed by atoms with van der Waals surface area (Å²) in [4.78, 5) is 12.1. The maximum atomic E-state index is 12.1. The average molecular weight is 384 g/mol. The van der Waals surface area contributed by atoms with Gasteiger partial charge in [-0.25, -0.2) is 0 Å². The Morgan fingerprint density at radius 2 is 2.00 bits per heavy atom. The topological polar surface area (TPSA) is 76.2 Å². The van der Waals surface area contributed by atoms with E-state index < -0.39 is 12.0 Å². The molecule has 4 rings (SSSR count). The van der Waals surface area contributed by atoms with Crippen molar-refractivity contribution in [3.63, 3.8) is 0 Å². The molecule has 1 saturated heterocycles. The van der Waals surface area contributed by atoms with Crippen LogP contribution in [0.25, 0.3) is 10.9 Å². The maximum absolute atomic E-state index is 12.1. The Hall–Kier alpha value is -2.70. The fourth-order valence-corrected chi connectivity index (χ4v) is 3.36. The molecule has 1 aliphatic heterocycles. The number of ether oxygens (including phenoxy) is 1. The van der Waals surface area contributed by atoms with Crippen LogP contribution in [-0.2, 0) is 16.1 Å². The third-order valence-electron chi connectivity index (χ3n) is 4.63. The lowest BCUT2D eigenvalue weighted by atomic mass is 10.2. The molecule has 6 nitrogen and oxygen atoms in total. The van der Waals surface area contributed by atoms with Gasteiger partial charge in [0.1, 0.15) is 6.10 Å². The lowest BCUT2D eigenvalue weighted by molar-refractivity contribution is -0.126. The summed E-state index contributed by atoms with van der Waals surface area (Å²) in [5, 5.41) is 20.0. The molecule has 1 amide bonds. The van der Waals surface area contributed by atoms with Crippen LogP contribution in [0.15, 0.2) is 58.8 Å². The first kappa shape index (κ1) is 17.7. The van der Waals surface area contributed by atoms with Crippen molar-refractivity contribution in [2.24, 2.45) is 10.2 Å². The van der Waals surface area contributed by atoms with Gasteiger partial charge in [-0.15, -0.1) is 10.2 Å². The quantitative estimate of drug-likeness (QED) is 0.655. The van der Waals surface area contributed by atoms with Gasteiger partial charge in [0.05, 0.1) is 12.1 Å². The molecule has 1 fully saturated rings. The maximum Gasteiger partial charge on any atom is 0.293 e. The Morgan fingerprint density at radius 3 is 2.74 bits per heavy atom. The summed E-state index contributed by atoms with van der Waals surface area (Å²) in [6, 6.07) is 14.9. The van der Waals surface area contributed by atoms with Crippen molar-refractivity contribution in [2.45, 2.75) is 25.5 Å². The Kier molecular flexibility index (Phi) is 4.92. The number of nitrogens with zero attached hydrogens (tertiary/aromatic N) is 3. The van der Waals surface area contributed by atoms with Gasteiger partial charge >= 0.3 is 0 Å². The summed E-state index contributed by atoms with van der Waals surface area (Å²) < 4.78 is 7.07. The minimum Gasteiger partial charge on any atom is -0.493 e. The number of hydrogen-bond acceptors (Lipinski definition) is 4. The Bertz CT molecular complexity index is 1010. The Morgan fingerprint density at radius 1 is 1.22 bits per heavy atom. The standard InChI is InChI=1S/C20H18ClN3O3/c21-14-9-7-13(8-10-14)12-24-16-5-2-1-4-15(16)18(20(24)26)22-23-19(25)17-6-3-11-27-17/h1-2,4-5,7-10,17,26H,3,6,11-12H2. The molecular formula is C20H18ClN3O3. The molecule has 1 N–H and O–H groups in total. The number of carbonyl (C=O) groups excluding carboxylic acids is 1. The van der Waals surface area contributed by atoms with Crippen LogP contribution in [0.4, 0.5) is 5.69 Å². The van der Waals surface area contributed by atoms with Crippen LogP contribution in [0, 0.1) is 0 Å². The SMILES string of the molecule is O=C(N=Nc1c(O)n(Cc2ccc(Cl)cc2)c2ccccc12)C1CCCO1. The summed E-state index contributed by atoms with van der Waals surface area (Å²) in [5.41, 5.74) is 2.07. The highest BCUT2D eigenvalue weighted by molar-refractivity contribution is 6.30. The summed E-state index contributed by atoms with van der Waals surface area (Å²) in [5.74, 6) is -0.448. The molecule has 7 heteroatoms. The van der Waals surface area contributed by atoms with Gasteiger partial charge in [-0.1, -0.05) is 41.9 Å². The Labute approximate surface area is 161 Å². The number of halogens is 1. The number of rotatable bonds is 4. The van der Waals surface area contributed by atoms with Gasteiger partial charge < -0.3 is 14.4 Å². The van der Waals surface area contributed by atoms with Gasteiger partial charge in [-0.2, -0.15) is 0 Å². The predicted octanol–water partition coefficient (Wildman–Crippen LogP) is 4.84. The fraction of sp³-hybridized carbons (Fsp3) is 0.250. The third-order valence-corrected chi connectivity index (χ3v) is 4.88. The van der Waals surface area contributed by atoms with E-state index in [1.165, 1.54) is 0 Å². The van der Waals surface area contributed by atoms with E-state index in [2.05, 4.69) is 10.2 Å². The number of para-hydroxylation sites is 1. The number of aromatic nitrogens is 1. The summed E-state index contributed by atoms with van der Waals surface area (Å²) >= 11 is 5.94. The first-order chi connectivity index (χ1) is 13.1. The molecule has 0 spiro atoms. The largest absolute Gasteiger partial charge is 0.493 e. The summed E-state index contributed by atoms with van der Waals surface area (Å²) in [6.45, 7) is 1.01. The van der Waals surface area contributed by atoms with Crippen molar-refractivity contribution in [3.8, 4) is 5.88 Å². The molecule has 0 radical (unpaired) electrons. The molecule has 0 aliphatic carbocycles. The molecular weight excluding hydrogens is 366 g/mol. The molecule has 27 heavy (non-hydrogen) atoms. The van der Waals surface area contributed by atoms with Crippen molar-refractivity contribution in [1.29, 1.82) is 0 Å². The van der Waals surface area contributed by atoms with E-state index in [1.807, 2.05) is 36.4 Å². The zero-order chi connectivity index (χ0) is 18.8. The number of amides is 1. The second-order valence-electron chi connectivity index (χ2n) is 6.44. The molecule has 1 aliphatic rings. The number of carbonyl (C=O) groups is 1. The van der Waals surface area contributed by atoms with Crippen molar-refractivity contribution in [2.75, 3.05) is 6.61 Å². The van der Waals surface area contributed by atoms with Crippen molar-refractivity contribution in [3.05, 3.63) is 59.1 Å². The Balaban J connectivity index is 1.69. The molecule has 0 saturated carbocycles. The average Bonchev–Trinajstić information content (AvgIpc) is 3.30. The molecule has 2 aromatic carbocycles. The van der Waals surface area contributed by atoms with Gasteiger partial charge in [-0.3, -0.25) is 4.79 Å². The highest BCUT2D eigenvalue weighted by Gasteiger charge is 2.24. The van der Waals surface area contributed by atoms with Crippen LogP contribution in [0.3, 0.4) is 0 Å². The zero-order valence-electron chi connectivity index (χ0n) is 14.5. The fourth-order valence-electron chi connectivity index (χ4n) is 3.24. The predicted molar refractivity (Wildman–Crippen MR) is 103 cm³/mol. The van der Waals surface area contributed by atoms with E-state index in [-0.39, 0.29) is 11.6 Å². The van der Waals surface area contributed by atoms with Crippen LogP contribution >= 0.6 is 11.6 Å².